The summed E-state index contributed by atoms with van der Waals surface area (Å²) in [4.78, 5) is 1.21. The van der Waals surface area contributed by atoms with Gasteiger partial charge in [0.1, 0.15) is 13.2 Å². The molecule has 1 N–H and O–H groups in total. The van der Waals surface area contributed by atoms with Gasteiger partial charge in [0.15, 0.2) is 11.5 Å². The van der Waals surface area contributed by atoms with Crippen LogP contribution in [0.2, 0.25) is 0 Å². The molecule has 4 nitrogen and oxygen atoms in total. The van der Waals surface area contributed by atoms with Crippen molar-refractivity contribution in [2.24, 2.45) is 5.92 Å². The summed E-state index contributed by atoms with van der Waals surface area (Å²) in [5.41, 5.74) is 1.22. The molecule has 1 fully saturated rings. The second-order valence-corrected chi connectivity index (χ2v) is 6.31. The predicted octanol–water partition coefficient (Wildman–Crippen LogP) is 2.96. The number of nitrogens with one attached hydrogen (secondary N) is 1. The van der Waals surface area contributed by atoms with Gasteiger partial charge in [-0.25, -0.2) is 0 Å². The minimum Gasteiger partial charge on any atom is -0.486 e. The molecule has 0 aromatic heterocycles. The number of rotatable bonds is 4. The van der Waals surface area contributed by atoms with Crippen molar-refractivity contribution < 1.29 is 9.47 Å². The summed E-state index contributed by atoms with van der Waals surface area (Å²) >= 11 is 1.72. The highest BCUT2D eigenvalue weighted by atomic mass is 32.2. The lowest BCUT2D eigenvalue weighted by Crippen LogP contribution is -2.31. The molecule has 0 spiro atoms. The summed E-state index contributed by atoms with van der Waals surface area (Å²) in [6.45, 7) is 2.00. The van der Waals surface area contributed by atoms with Gasteiger partial charge in [0.2, 0.25) is 0 Å². The molecule has 0 radical (unpaired) electrons. The number of ether oxygens (including phenoxy) is 2. The van der Waals surface area contributed by atoms with Gasteiger partial charge in [-0.15, -0.1) is 11.8 Å². The van der Waals surface area contributed by atoms with Crippen LogP contribution in [0.5, 0.6) is 11.5 Å². The van der Waals surface area contributed by atoms with Gasteiger partial charge in [-0.05, 0) is 36.8 Å². The molecule has 2 aliphatic rings. The average Bonchev–Trinajstić information content (AvgIpc) is 2.99. The maximum atomic E-state index is 9.16. The van der Waals surface area contributed by atoms with Crippen molar-refractivity contribution in [2.75, 3.05) is 19.5 Å². The number of nitrogens with zero attached hydrogens (tertiary/aromatic N) is 1. The molecule has 1 heterocycles. The van der Waals surface area contributed by atoms with Crippen molar-refractivity contribution in [3.8, 4) is 17.6 Å². The highest BCUT2D eigenvalue weighted by Gasteiger charge is 2.26. The number of hydrogen-bond acceptors (Lipinski definition) is 5. The molecule has 0 bridgehead atoms. The largest absolute Gasteiger partial charge is 0.486 e. The van der Waals surface area contributed by atoms with E-state index in [0.717, 1.165) is 37.3 Å². The highest BCUT2D eigenvalue weighted by molar-refractivity contribution is 7.98. The molecule has 0 amide bonds. The van der Waals surface area contributed by atoms with E-state index >= 15 is 0 Å². The van der Waals surface area contributed by atoms with Crippen molar-refractivity contribution in [2.45, 2.75) is 36.7 Å². The van der Waals surface area contributed by atoms with Gasteiger partial charge in [-0.2, -0.15) is 5.26 Å². The third kappa shape index (κ3) is 3.12. The molecule has 2 atom stereocenters. The standard InChI is InChI=1S/C16H20N2O2S/c1-21-16-8-15-14(19-5-6-20-15)7-12(16)10-18-13-4-2-3-11(13)9-17/h7-8,11,13,18H,2-6,10H2,1H3. The van der Waals surface area contributed by atoms with Crippen LogP contribution in [0.3, 0.4) is 0 Å². The monoisotopic (exact) mass is 304 g/mol. The molecule has 1 aromatic carbocycles. The fraction of sp³-hybridized carbons (Fsp3) is 0.562. The Morgan fingerprint density at radius 2 is 2.05 bits per heavy atom. The molecular formula is C16H20N2O2S. The van der Waals surface area contributed by atoms with Crippen molar-refractivity contribution in [3.63, 3.8) is 0 Å². The Balaban J connectivity index is 1.74. The lowest BCUT2D eigenvalue weighted by atomic mass is 10.1. The fourth-order valence-electron chi connectivity index (χ4n) is 3.04. The van der Waals surface area contributed by atoms with Gasteiger partial charge in [-0.3, -0.25) is 0 Å². The van der Waals surface area contributed by atoms with Crippen LogP contribution in [0, 0.1) is 17.2 Å². The van der Waals surface area contributed by atoms with E-state index in [1.165, 1.54) is 10.5 Å². The van der Waals surface area contributed by atoms with E-state index in [9.17, 15) is 0 Å². The molecular weight excluding hydrogens is 284 g/mol. The zero-order chi connectivity index (χ0) is 14.7. The third-order valence-corrected chi connectivity index (χ3v) is 5.00. The van der Waals surface area contributed by atoms with Gasteiger partial charge in [-0.1, -0.05) is 6.42 Å². The molecule has 1 aliphatic carbocycles. The summed E-state index contributed by atoms with van der Waals surface area (Å²) in [5.74, 6) is 1.82. The minimum atomic E-state index is 0.153. The normalized spacial score (nSPS) is 23.8. The van der Waals surface area contributed by atoms with Gasteiger partial charge in [0, 0.05) is 17.5 Å². The maximum absolute atomic E-state index is 9.16. The van der Waals surface area contributed by atoms with Crippen LogP contribution in [0.25, 0.3) is 0 Å². The summed E-state index contributed by atoms with van der Waals surface area (Å²) in [5, 5.41) is 12.7. The van der Waals surface area contributed by atoms with Crippen LogP contribution in [-0.4, -0.2) is 25.5 Å². The lowest BCUT2D eigenvalue weighted by molar-refractivity contribution is 0.171. The van der Waals surface area contributed by atoms with Crippen molar-refractivity contribution >= 4 is 11.8 Å². The van der Waals surface area contributed by atoms with Crippen LogP contribution in [0.1, 0.15) is 24.8 Å². The molecule has 21 heavy (non-hydrogen) atoms. The molecule has 0 saturated heterocycles. The first-order chi connectivity index (χ1) is 10.3. The Labute approximate surface area is 129 Å². The van der Waals surface area contributed by atoms with E-state index in [-0.39, 0.29) is 5.92 Å². The molecule has 5 heteroatoms. The minimum absolute atomic E-state index is 0.153. The molecule has 1 aromatic rings. The average molecular weight is 304 g/mol. The third-order valence-electron chi connectivity index (χ3n) is 4.18. The molecule has 3 rings (SSSR count). The second kappa shape index (κ2) is 6.59. The van der Waals surface area contributed by atoms with Crippen LogP contribution in [0.15, 0.2) is 17.0 Å². The summed E-state index contributed by atoms with van der Waals surface area (Å²) in [7, 11) is 0. The summed E-state index contributed by atoms with van der Waals surface area (Å²) < 4.78 is 11.3. The Hall–Kier alpha value is -1.38. The number of hydrogen-bond donors (Lipinski definition) is 1. The van der Waals surface area contributed by atoms with Crippen LogP contribution >= 0.6 is 11.8 Å². The first kappa shape index (κ1) is 14.6. The van der Waals surface area contributed by atoms with E-state index in [0.29, 0.717) is 19.3 Å². The van der Waals surface area contributed by atoms with Gasteiger partial charge < -0.3 is 14.8 Å². The van der Waals surface area contributed by atoms with Crippen LogP contribution < -0.4 is 14.8 Å². The van der Waals surface area contributed by atoms with Gasteiger partial charge >= 0.3 is 0 Å². The molecule has 2 unspecified atom stereocenters. The number of thioether (sulfide) groups is 1. The van der Waals surface area contributed by atoms with Crippen LogP contribution in [-0.2, 0) is 6.54 Å². The summed E-state index contributed by atoms with van der Waals surface area (Å²) in [6.07, 6.45) is 5.33. The second-order valence-electron chi connectivity index (χ2n) is 5.46. The smallest absolute Gasteiger partial charge is 0.162 e. The zero-order valence-electron chi connectivity index (χ0n) is 12.2. The number of nitriles is 1. The quantitative estimate of drug-likeness (QED) is 0.867. The fourth-order valence-corrected chi connectivity index (χ4v) is 3.66. The first-order valence-electron chi connectivity index (χ1n) is 7.41. The predicted molar refractivity (Wildman–Crippen MR) is 82.8 cm³/mol. The van der Waals surface area contributed by atoms with Crippen molar-refractivity contribution in [3.05, 3.63) is 17.7 Å². The maximum Gasteiger partial charge on any atom is 0.162 e. The van der Waals surface area contributed by atoms with E-state index < -0.39 is 0 Å². The number of benzene rings is 1. The lowest BCUT2D eigenvalue weighted by Gasteiger charge is -2.22. The number of fused-ring (bicyclic) bond motifs is 1. The molecule has 112 valence electrons. The first-order valence-corrected chi connectivity index (χ1v) is 8.64. The summed E-state index contributed by atoms with van der Waals surface area (Å²) in [6, 6.07) is 6.87. The molecule has 1 aliphatic heterocycles. The van der Waals surface area contributed by atoms with Crippen LogP contribution in [0.4, 0.5) is 0 Å². The van der Waals surface area contributed by atoms with E-state index in [1.807, 2.05) is 0 Å². The van der Waals surface area contributed by atoms with Crippen molar-refractivity contribution in [1.82, 2.24) is 5.32 Å². The Kier molecular flexibility index (Phi) is 4.57. The SMILES string of the molecule is CSc1cc2c(cc1CNC1CCCC1C#N)OCCO2. The topological polar surface area (TPSA) is 54.3 Å². The highest BCUT2D eigenvalue weighted by Crippen LogP contribution is 2.37. The van der Waals surface area contributed by atoms with E-state index in [1.54, 1.807) is 11.8 Å². The van der Waals surface area contributed by atoms with Gasteiger partial charge in [0.25, 0.3) is 0 Å². The Bertz CT molecular complexity index is 556. The Morgan fingerprint density at radius 1 is 1.29 bits per heavy atom. The molecule has 1 saturated carbocycles. The van der Waals surface area contributed by atoms with E-state index in [4.69, 9.17) is 14.7 Å². The van der Waals surface area contributed by atoms with Gasteiger partial charge in [0.05, 0.1) is 12.0 Å². The van der Waals surface area contributed by atoms with Crippen molar-refractivity contribution in [1.29, 1.82) is 5.26 Å². The Morgan fingerprint density at radius 3 is 2.76 bits per heavy atom. The zero-order valence-corrected chi connectivity index (χ0v) is 13.0. The van der Waals surface area contributed by atoms with E-state index in [2.05, 4.69) is 29.8 Å².